The van der Waals surface area contributed by atoms with Gasteiger partial charge in [0.25, 0.3) is 0 Å². The number of carbonyl (C=O) groups excluding carboxylic acids is 7. The van der Waals surface area contributed by atoms with Crippen molar-refractivity contribution < 1.29 is 99.9 Å². The maximum Gasteiger partial charge on any atom is 0.303 e. The summed E-state index contributed by atoms with van der Waals surface area (Å²) in [6, 6.07) is 0. The lowest BCUT2D eigenvalue weighted by Crippen LogP contribution is -2.67. The van der Waals surface area contributed by atoms with E-state index in [2.05, 4.69) is 10.0 Å². The molecule has 24 heteroatoms. The molecule has 2 aliphatic rings. The number of carbonyl (C=O) groups is 7. The summed E-state index contributed by atoms with van der Waals surface area (Å²) in [5.74, 6) is -5.98. The first kappa shape index (κ1) is 49.5. The van der Waals surface area contributed by atoms with Crippen LogP contribution in [0.15, 0.2) is 5.11 Å². The van der Waals surface area contributed by atoms with E-state index in [4.69, 9.17) is 71.8 Å². The average molecular weight is 838 g/mol. The number of hydrogen-bond donors (Lipinski definition) is 0. The Labute approximate surface area is 333 Å². The molecule has 0 saturated carbocycles. The Kier molecular flexibility index (Phi) is 22.5. The summed E-state index contributed by atoms with van der Waals surface area (Å²) < 4.78 is 78.4. The summed E-state index contributed by atoms with van der Waals surface area (Å²) in [5.41, 5.74) is 8.27. The van der Waals surface area contributed by atoms with Gasteiger partial charge in [-0.05, 0) is 5.53 Å². The molecule has 2 aliphatic heterocycles. The highest BCUT2D eigenvalue weighted by Crippen LogP contribution is 2.35. The Hall–Kier alpha value is -4.68. The van der Waals surface area contributed by atoms with Gasteiger partial charge >= 0.3 is 41.8 Å². The zero-order valence-electron chi connectivity index (χ0n) is 33.3. The Bertz CT molecular complexity index is 1430. The number of esters is 7. The monoisotopic (exact) mass is 837 g/mol. The normalized spacial score (nSPS) is 26.5. The molecule has 0 N–H and O–H groups in total. The van der Waals surface area contributed by atoms with Crippen LogP contribution in [0.25, 0.3) is 10.4 Å². The van der Waals surface area contributed by atoms with Crippen LogP contribution in [-0.2, 0) is 99.9 Å². The van der Waals surface area contributed by atoms with Gasteiger partial charge in [0.15, 0.2) is 43.1 Å². The predicted octanol–water partition coefficient (Wildman–Crippen LogP) is -0.0172. The second-order valence-electron chi connectivity index (χ2n) is 12.3. The first-order valence-electron chi connectivity index (χ1n) is 18.0. The summed E-state index contributed by atoms with van der Waals surface area (Å²) in [7, 11) is 0. The quantitative estimate of drug-likeness (QED) is 0.0308. The molecule has 0 aromatic rings. The van der Waals surface area contributed by atoms with E-state index in [1.165, 1.54) is 0 Å². The summed E-state index contributed by atoms with van der Waals surface area (Å²) >= 11 is 0. The molecular formula is C34H51N3O21. The summed E-state index contributed by atoms with van der Waals surface area (Å²) in [5, 5.41) is 3.35. The van der Waals surface area contributed by atoms with Crippen molar-refractivity contribution in [2.45, 2.75) is 110 Å². The third-order valence-corrected chi connectivity index (χ3v) is 7.54. The van der Waals surface area contributed by atoms with Crippen molar-refractivity contribution >= 4 is 41.8 Å². The van der Waals surface area contributed by atoms with Gasteiger partial charge in [-0.2, -0.15) is 0 Å². The van der Waals surface area contributed by atoms with Crippen molar-refractivity contribution in [3.05, 3.63) is 10.4 Å². The lowest BCUT2D eigenvalue weighted by atomic mass is 9.96. The molecule has 58 heavy (non-hydrogen) atoms. The van der Waals surface area contributed by atoms with Crippen molar-refractivity contribution in [1.82, 2.24) is 0 Å². The molecule has 0 amide bonds. The third kappa shape index (κ3) is 18.3. The van der Waals surface area contributed by atoms with Gasteiger partial charge in [-0.15, -0.1) is 0 Å². The molecular weight excluding hydrogens is 786 g/mol. The van der Waals surface area contributed by atoms with Crippen LogP contribution in [0.2, 0.25) is 0 Å². The molecule has 0 aromatic carbocycles. The summed E-state index contributed by atoms with van der Waals surface area (Å²) in [6.07, 6.45) is -15.8. The lowest BCUT2D eigenvalue weighted by molar-refractivity contribution is -0.361. The van der Waals surface area contributed by atoms with Crippen molar-refractivity contribution in [3.63, 3.8) is 0 Å². The maximum absolute atomic E-state index is 12.6. The maximum atomic E-state index is 12.6. The van der Waals surface area contributed by atoms with Gasteiger partial charge in [0.2, 0.25) is 0 Å². The molecule has 2 heterocycles. The highest BCUT2D eigenvalue weighted by molar-refractivity contribution is 5.69. The van der Waals surface area contributed by atoms with Crippen molar-refractivity contribution in [2.75, 3.05) is 66.0 Å². The Morgan fingerprint density at radius 2 is 0.862 bits per heavy atom. The molecule has 0 bridgehead atoms. The van der Waals surface area contributed by atoms with Crippen LogP contribution in [0.3, 0.4) is 0 Å². The Balaban J connectivity index is 2.42. The molecule has 0 spiro atoms. The second kappa shape index (κ2) is 26.3. The number of rotatable bonds is 24. The molecule has 4 unspecified atom stereocenters. The number of nitrogens with zero attached hydrogens (tertiary/aromatic N) is 3. The van der Waals surface area contributed by atoms with E-state index >= 15 is 0 Å². The largest absolute Gasteiger partial charge is 0.463 e. The highest BCUT2D eigenvalue weighted by Gasteiger charge is 2.57. The highest BCUT2D eigenvalue weighted by atomic mass is 16.8. The molecule has 328 valence electrons. The smallest absolute Gasteiger partial charge is 0.303 e. The van der Waals surface area contributed by atoms with Crippen LogP contribution >= 0.6 is 0 Å². The first-order chi connectivity index (χ1) is 27.5. The molecule has 0 aromatic heterocycles. The van der Waals surface area contributed by atoms with Gasteiger partial charge in [-0.1, -0.05) is 5.11 Å². The topological polar surface area (TPSA) is 297 Å². The fourth-order valence-electron chi connectivity index (χ4n) is 5.52. The summed E-state index contributed by atoms with van der Waals surface area (Å²) in [4.78, 5) is 88.4. The zero-order chi connectivity index (χ0) is 43.2. The lowest BCUT2D eigenvalue weighted by Gasteiger charge is -2.48. The van der Waals surface area contributed by atoms with E-state index < -0.39 is 116 Å². The van der Waals surface area contributed by atoms with E-state index in [1.807, 2.05) is 0 Å². The molecule has 10 atom stereocenters. The van der Waals surface area contributed by atoms with Gasteiger partial charge in [-0.3, -0.25) is 33.6 Å². The molecule has 2 rings (SSSR count). The minimum Gasteiger partial charge on any atom is -0.463 e. The number of hydrogen-bond acceptors (Lipinski definition) is 22. The standard InChI is InChI=1S/C34H51N3O21/c1-18(38)49-16-25-27(51-20(3)40)29(52-21(4)41)32(55-24(7)44)34(57-25)58-28-26(17-50-19(2)39)56-33(31(54-23(6)43)30(28)53-22(5)42)48-15-14-47-13-12-46-11-10-45-9-8-36-37-35/h25-34H,8-17H2,1-7H3/t25?,26?,27-,28+,29?,30?,31-,32-,33+,34-/m0/s1. The SMILES string of the molecule is CC(=O)OCC1O[C@@H](OCCOCCOCCOCCN=[N+]=[N-])[C@@H](OC(C)=O)C(OC(C)=O)[C@@H]1O[C@@H]1OC(COC(C)=O)[C@H](OC(C)=O)C(OC(C)=O)[C@@H]1OC(C)=O. The van der Waals surface area contributed by atoms with Gasteiger partial charge < -0.3 is 66.3 Å². The van der Waals surface area contributed by atoms with Gasteiger partial charge in [0.1, 0.15) is 31.5 Å². The third-order valence-electron chi connectivity index (χ3n) is 7.54. The summed E-state index contributed by atoms with van der Waals surface area (Å²) in [6.45, 7) is 7.42. The van der Waals surface area contributed by atoms with E-state index in [1.54, 1.807) is 0 Å². The van der Waals surface area contributed by atoms with Crippen LogP contribution in [0.4, 0.5) is 0 Å². The number of ether oxygens (including phenoxy) is 14. The van der Waals surface area contributed by atoms with Gasteiger partial charge in [-0.25, -0.2) is 0 Å². The van der Waals surface area contributed by atoms with E-state index in [0.29, 0.717) is 0 Å². The van der Waals surface area contributed by atoms with Crippen LogP contribution < -0.4 is 0 Å². The van der Waals surface area contributed by atoms with Crippen molar-refractivity contribution in [2.24, 2.45) is 5.11 Å². The van der Waals surface area contributed by atoms with Crippen LogP contribution in [0, 0.1) is 0 Å². The van der Waals surface area contributed by atoms with E-state index in [9.17, 15) is 33.6 Å². The first-order valence-corrected chi connectivity index (χ1v) is 18.0. The Morgan fingerprint density at radius 1 is 0.483 bits per heavy atom. The average Bonchev–Trinajstić information content (AvgIpc) is 3.12. The fraction of sp³-hybridized carbons (Fsp3) is 0.794. The van der Waals surface area contributed by atoms with Crippen molar-refractivity contribution in [1.29, 1.82) is 0 Å². The second-order valence-corrected chi connectivity index (χ2v) is 12.3. The number of azide groups is 1. The molecule has 0 aliphatic carbocycles. The predicted molar refractivity (Wildman–Crippen MR) is 186 cm³/mol. The van der Waals surface area contributed by atoms with Crippen molar-refractivity contribution in [3.8, 4) is 0 Å². The molecule has 2 fully saturated rings. The molecule has 24 nitrogen and oxygen atoms in total. The minimum atomic E-state index is -1.82. The zero-order valence-corrected chi connectivity index (χ0v) is 33.3. The van der Waals surface area contributed by atoms with Crippen LogP contribution in [0.1, 0.15) is 48.5 Å². The van der Waals surface area contributed by atoms with Crippen LogP contribution in [0.5, 0.6) is 0 Å². The molecule has 2 saturated heterocycles. The minimum absolute atomic E-state index is 0.0177. The Morgan fingerprint density at radius 3 is 1.33 bits per heavy atom. The fourth-order valence-corrected chi connectivity index (χ4v) is 5.52. The van der Waals surface area contributed by atoms with Crippen LogP contribution in [-0.4, -0.2) is 169 Å². The molecule has 0 radical (unpaired) electrons. The van der Waals surface area contributed by atoms with Gasteiger partial charge in [0, 0.05) is 59.9 Å². The van der Waals surface area contributed by atoms with E-state index in [-0.39, 0.29) is 52.8 Å². The van der Waals surface area contributed by atoms with E-state index in [0.717, 1.165) is 48.5 Å². The van der Waals surface area contributed by atoms with Gasteiger partial charge in [0.05, 0.1) is 46.2 Å².